The number of carbonyl (C=O) groups excluding carboxylic acids is 2. The number of carbonyl (C=O) groups is 2. The van der Waals surface area contributed by atoms with Gasteiger partial charge in [-0.3, -0.25) is 4.79 Å². The first-order valence-electron chi connectivity index (χ1n) is 9.55. The van der Waals surface area contributed by atoms with Crippen molar-refractivity contribution in [3.63, 3.8) is 0 Å². The maximum absolute atomic E-state index is 12.7. The zero-order valence-corrected chi connectivity index (χ0v) is 16.8. The molecule has 0 saturated carbocycles. The summed E-state index contributed by atoms with van der Waals surface area (Å²) in [7, 11) is 0. The highest BCUT2D eigenvalue weighted by Crippen LogP contribution is 2.18. The van der Waals surface area contributed by atoms with Gasteiger partial charge in [-0.2, -0.15) is 4.68 Å². The standard InChI is InChI=1S/C21H23N5O4/c1-3-18(22-21(28)29-14-16-7-5-4-6-8-16)19(27)13-26-20(23-24-25-26)30-17-11-9-15(2)10-12-17/h4-12,18H,3,13-14H2,1-2H3,(H,22,28). The summed E-state index contributed by atoms with van der Waals surface area (Å²) in [4.78, 5) is 24.7. The van der Waals surface area contributed by atoms with E-state index in [1.165, 1.54) is 4.68 Å². The maximum Gasteiger partial charge on any atom is 0.408 e. The van der Waals surface area contributed by atoms with E-state index in [0.717, 1.165) is 11.1 Å². The molecular formula is C21H23N5O4. The molecule has 0 bridgehead atoms. The first-order valence-corrected chi connectivity index (χ1v) is 9.55. The Hall–Kier alpha value is -3.75. The number of amides is 1. The summed E-state index contributed by atoms with van der Waals surface area (Å²) in [5.41, 5.74) is 1.95. The SMILES string of the molecule is CCC(NC(=O)OCc1ccccc1)C(=O)Cn1nnnc1Oc1ccc(C)cc1. The largest absolute Gasteiger partial charge is 0.445 e. The van der Waals surface area contributed by atoms with E-state index in [4.69, 9.17) is 9.47 Å². The van der Waals surface area contributed by atoms with Crippen molar-refractivity contribution < 1.29 is 19.1 Å². The van der Waals surface area contributed by atoms with E-state index in [0.29, 0.717) is 12.2 Å². The minimum atomic E-state index is -0.732. The van der Waals surface area contributed by atoms with Crippen LogP contribution in [0.3, 0.4) is 0 Å². The summed E-state index contributed by atoms with van der Waals surface area (Å²) in [5, 5.41) is 13.8. The molecule has 3 rings (SSSR count). The number of nitrogens with one attached hydrogen (secondary N) is 1. The second-order valence-corrected chi connectivity index (χ2v) is 6.67. The molecule has 0 aliphatic carbocycles. The van der Waals surface area contributed by atoms with Crippen LogP contribution in [-0.4, -0.2) is 38.1 Å². The topological polar surface area (TPSA) is 108 Å². The number of rotatable bonds is 9. The molecule has 0 aliphatic rings. The fourth-order valence-electron chi connectivity index (χ4n) is 2.66. The van der Waals surface area contributed by atoms with Gasteiger partial charge in [0, 0.05) is 0 Å². The molecule has 0 radical (unpaired) electrons. The summed E-state index contributed by atoms with van der Waals surface area (Å²) in [6.45, 7) is 3.74. The highest BCUT2D eigenvalue weighted by molar-refractivity contribution is 5.87. The smallest absolute Gasteiger partial charge is 0.408 e. The van der Waals surface area contributed by atoms with Crippen LogP contribution in [0.5, 0.6) is 11.8 Å². The highest BCUT2D eigenvalue weighted by Gasteiger charge is 2.22. The zero-order valence-electron chi connectivity index (χ0n) is 16.8. The molecular weight excluding hydrogens is 386 g/mol. The van der Waals surface area contributed by atoms with E-state index in [1.54, 1.807) is 19.1 Å². The van der Waals surface area contributed by atoms with Gasteiger partial charge in [-0.15, -0.1) is 0 Å². The molecule has 30 heavy (non-hydrogen) atoms. The fraction of sp³-hybridized carbons (Fsp3) is 0.286. The van der Waals surface area contributed by atoms with Crippen molar-refractivity contribution >= 4 is 11.9 Å². The number of aryl methyl sites for hydroxylation is 1. The van der Waals surface area contributed by atoms with Crippen LogP contribution in [0.2, 0.25) is 0 Å². The van der Waals surface area contributed by atoms with Crippen molar-refractivity contribution in [1.29, 1.82) is 0 Å². The second-order valence-electron chi connectivity index (χ2n) is 6.67. The predicted octanol–water partition coefficient (Wildman–Crippen LogP) is 3.05. The Kier molecular flexibility index (Phi) is 7.09. The number of alkyl carbamates (subject to hydrolysis) is 1. The summed E-state index contributed by atoms with van der Waals surface area (Å²) in [6, 6.07) is 16.0. The number of tetrazole rings is 1. The van der Waals surface area contributed by atoms with Gasteiger partial charge < -0.3 is 14.8 Å². The van der Waals surface area contributed by atoms with Crippen molar-refractivity contribution in [3.05, 3.63) is 65.7 Å². The number of nitrogens with zero attached hydrogens (tertiary/aromatic N) is 4. The number of hydrogen-bond donors (Lipinski definition) is 1. The Morgan fingerprint density at radius 3 is 2.53 bits per heavy atom. The molecule has 0 spiro atoms. The Morgan fingerprint density at radius 2 is 1.83 bits per heavy atom. The molecule has 3 aromatic rings. The first kappa shape index (κ1) is 21.0. The monoisotopic (exact) mass is 409 g/mol. The number of Topliss-reactive ketones (excluding diaryl/α,β-unsaturated/α-hetero) is 1. The lowest BCUT2D eigenvalue weighted by molar-refractivity contribution is -0.121. The number of aromatic nitrogens is 4. The van der Waals surface area contributed by atoms with E-state index in [2.05, 4.69) is 20.8 Å². The summed E-state index contributed by atoms with van der Waals surface area (Å²) >= 11 is 0. The van der Waals surface area contributed by atoms with Crippen molar-refractivity contribution in [1.82, 2.24) is 25.5 Å². The van der Waals surface area contributed by atoms with Crippen LogP contribution in [0.4, 0.5) is 4.79 Å². The molecule has 1 heterocycles. The summed E-state index contributed by atoms with van der Waals surface area (Å²) in [6.07, 6.45) is -0.262. The summed E-state index contributed by atoms with van der Waals surface area (Å²) < 4.78 is 12.1. The second kappa shape index (κ2) is 10.1. The van der Waals surface area contributed by atoms with Gasteiger partial charge in [0.25, 0.3) is 0 Å². The fourth-order valence-corrected chi connectivity index (χ4v) is 2.66. The van der Waals surface area contributed by atoms with Gasteiger partial charge in [-0.25, -0.2) is 4.79 Å². The van der Waals surface area contributed by atoms with Gasteiger partial charge in [0.2, 0.25) is 0 Å². The van der Waals surface area contributed by atoms with E-state index < -0.39 is 12.1 Å². The van der Waals surface area contributed by atoms with Crippen molar-refractivity contribution in [2.24, 2.45) is 0 Å². The third-order valence-corrected chi connectivity index (χ3v) is 4.34. The number of benzene rings is 2. The van der Waals surface area contributed by atoms with E-state index in [9.17, 15) is 9.59 Å². The molecule has 0 aliphatic heterocycles. The summed E-state index contributed by atoms with van der Waals surface area (Å²) in [5.74, 6) is 0.286. The minimum absolute atomic E-state index is 0.0914. The van der Waals surface area contributed by atoms with E-state index in [-0.39, 0.29) is 24.9 Å². The zero-order chi connectivity index (χ0) is 21.3. The number of ether oxygens (including phenoxy) is 2. The van der Waals surface area contributed by atoms with Gasteiger partial charge in [0.15, 0.2) is 5.78 Å². The molecule has 1 unspecified atom stereocenters. The third kappa shape index (κ3) is 5.87. The molecule has 9 heteroatoms. The average molecular weight is 409 g/mol. The first-order chi connectivity index (χ1) is 14.5. The lowest BCUT2D eigenvalue weighted by Crippen LogP contribution is -2.42. The van der Waals surface area contributed by atoms with Crippen LogP contribution in [0.15, 0.2) is 54.6 Å². The van der Waals surface area contributed by atoms with Crippen LogP contribution >= 0.6 is 0 Å². The Bertz CT molecular complexity index is 973. The molecule has 1 N–H and O–H groups in total. The van der Waals surface area contributed by atoms with Gasteiger partial charge >= 0.3 is 12.1 Å². The predicted molar refractivity (Wildman–Crippen MR) is 108 cm³/mol. The molecule has 0 fully saturated rings. The normalized spacial score (nSPS) is 11.5. The lowest BCUT2D eigenvalue weighted by Gasteiger charge is -2.16. The van der Waals surface area contributed by atoms with Crippen LogP contribution in [-0.2, 0) is 22.7 Å². The molecule has 0 saturated heterocycles. The van der Waals surface area contributed by atoms with Crippen LogP contribution in [0.1, 0.15) is 24.5 Å². The van der Waals surface area contributed by atoms with E-state index >= 15 is 0 Å². The molecule has 1 aromatic heterocycles. The van der Waals surface area contributed by atoms with Gasteiger partial charge in [-0.1, -0.05) is 60.1 Å². The van der Waals surface area contributed by atoms with E-state index in [1.807, 2.05) is 49.4 Å². The van der Waals surface area contributed by atoms with Crippen LogP contribution in [0, 0.1) is 6.92 Å². The van der Waals surface area contributed by atoms with Crippen molar-refractivity contribution in [3.8, 4) is 11.8 Å². The third-order valence-electron chi connectivity index (χ3n) is 4.34. The number of hydrogen-bond acceptors (Lipinski definition) is 7. The van der Waals surface area contributed by atoms with Gasteiger partial charge in [0.1, 0.15) is 18.9 Å². The highest BCUT2D eigenvalue weighted by atomic mass is 16.5. The molecule has 1 atom stereocenters. The maximum atomic E-state index is 12.7. The molecule has 1 amide bonds. The Morgan fingerprint density at radius 1 is 1.10 bits per heavy atom. The van der Waals surface area contributed by atoms with Crippen molar-refractivity contribution in [2.75, 3.05) is 0 Å². The Labute approximate surface area is 174 Å². The van der Waals surface area contributed by atoms with Crippen LogP contribution in [0.25, 0.3) is 0 Å². The number of ketones is 1. The lowest BCUT2D eigenvalue weighted by atomic mass is 10.1. The minimum Gasteiger partial charge on any atom is -0.445 e. The van der Waals surface area contributed by atoms with Crippen LogP contribution < -0.4 is 10.1 Å². The molecule has 156 valence electrons. The van der Waals surface area contributed by atoms with Gasteiger partial charge in [-0.05, 0) is 41.5 Å². The van der Waals surface area contributed by atoms with Gasteiger partial charge in [0.05, 0.1) is 6.04 Å². The molecule has 9 nitrogen and oxygen atoms in total. The average Bonchev–Trinajstić information content (AvgIpc) is 3.19. The van der Waals surface area contributed by atoms with Crippen molar-refractivity contribution in [2.45, 2.75) is 39.5 Å². The quantitative estimate of drug-likeness (QED) is 0.578. The Balaban J connectivity index is 1.55. The molecule has 2 aromatic carbocycles.